The molecule has 3 aliphatic carbocycles. The van der Waals surface area contributed by atoms with Gasteiger partial charge in [0.25, 0.3) is 5.56 Å². The van der Waals surface area contributed by atoms with Crippen molar-refractivity contribution in [2.24, 2.45) is 17.3 Å². The maximum atomic E-state index is 12.7. The average Bonchev–Trinajstić information content (AvgIpc) is 3.31. The summed E-state index contributed by atoms with van der Waals surface area (Å²) in [7, 11) is 0. The number of aromatic hydroxyl groups is 2. The van der Waals surface area contributed by atoms with E-state index in [0.717, 1.165) is 36.8 Å². The van der Waals surface area contributed by atoms with E-state index < -0.39 is 5.56 Å². The lowest BCUT2D eigenvalue weighted by atomic mass is 9.55. The molecule has 5 N–H and O–H groups in total. The van der Waals surface area contributed by atoms with Crippen LogP contribution in [0.5, 0.6) is 11.5 Å². The van der Waals surface area contributed by atoms with Gasteiger partial charge in [-0.25, -0.2) is 4.98 Å². The van der Waals surface area contributed by atoms with Crippen molar-refractivity contribution in [1.29, 1.82) is 0 Å². The number of benzene rings is 1. The summed E-state index contributed by atoms with van der Waals surface area (Å²) in [5, 5.41) is 21.2. The molecule has 9 heteroatoms. The minimum atomic E-state index is -0.420. The fourth-order valence-corrected chi connectivity index (χ4v) is 6.84. The fraction of sp³-hybridized carbons (Fsp3) is 0.478. The minimum Gasteiger partial charge on any atom is -0.504 e. The van der Waals surface area contributed by atoms with E-state index in [4.69, 9.17) is 5.73 Å². The zero-order chi connectivity index (χ0) is 22.4. The van der Waals surface area contributed by atoms with Gasteiger partial charge < -0.3 is 15.9 Å². The summed E-state index contributed by atoms with van der Waals surface area (Å²) in [5.74, 6) is 0.793. The van der Waals surface area contributed by atoms with Crippen molar-refractivity contribution < 1.29 is 15.0 Å². The number of carbonyl (C=O) groups excluding carboxylic acids is 1. The molecule has 1 aromatic carbocycles. The molecule has 2 aromatic heterocycles. The number of anilines is 1. The van der Waals surface area contributed by atoms with Gasteiger partial charge in [-0.2, -0.15) is 4.98 Å². The molecule has 2 fully saturated rings. The monoisotopic (exact) mass is 435 g/mol. The average molecular weight is 435 g/mol. The number of Topliss-reactive ketones (excluding diaryl/α,β-unsaturated/α-hetero) is 1. The number of imidazole rings is 1. The quantitative estimate of drug-likeness (QED) is 0.429. The Morgan fingerprint density at radius 3 is 2.84 bits per heavy atom. The van der Waals surface area contributed by atoms with E-state index in [0.29, 0.717) is 36.1 Å². The van der Waals surface area contributed by atoms with E-state index in [1.807, 2.05) is 0 Å². The molecule has 0 unspecified atom stereocenters. The number of H-pyrrole nitrogens is 1. The van der Waals surface area contributed by atoms with E-state index in [9.17, 15) is 19.8 Å². The van der Waals surface area contributed by atoms with Crippen LogP contribution in [0.3, 0.4) is 0 Å². The second kappa shape index (κ2) is 6.34. The molecular weight excluding hydrogens is 410 g/mol. The number of nitrogens with one attached hydrogen (secondary N) is 1. The van der Waals surface area contributed by atoms with Gasteiger partial charge in [-0.15, -0.1) is 0 Å². The number of phenolic OH excluding ortho intramolecular Hbond substituents is 2. The predicted molar refractivity (Wildman–Crippen MR) is 117 cm³/mol. The van der Waals surface area contributed by atoms with Gasteiger partial charge in [0, 0.05) is 23.5 Å². The Bertz CT molecular complexity index is 1360. The summed E-state index contributed by atoms with van der Waals surface area (Å²) in [6.07, 6.45) is 6.16. The number of fused-ring (bicyclic) bond motifs is 6. The third-order valence-electron chi connectivity index (χ3n) is 8.34. The highest BCUT2D eigenvalue weighted by Crippen LogP contribution is 2.61. The van der Waals surface area contributed by atoms with Gasteiger partial charge in [0.2, 0.25) is 5.95 Å². The van der Waals surface area contributed by atoms with Crippen LogP contribution in [0.4, 0.5) is 5.95 Å². The highest BCUT2D eigenvalue weighted by molar-refractivity contribution is 5.87. The Kier molecular flexibility index (Phi) is 3.83. The van der Waals surface area contributed by atoms with E-state index in [2.05, 4.69) is 21.9 Å². The second-order valence-corrected chi connectivity index (χ2v) is 9.73. The van der Waals surface area contributed by atoms with Crippen molar-refractivity contribution >= 4 is 22.9 Å². The number of nitrogens with two attached hydrogens (primary N) is 1. The normalized spacial score (nSPS) is 29.0. The molecule has 0 bridgehead atoms. The predicted octanol–water partition coefficient (Wildman–Crippen LogP) is 2.53. The summed E-state index contributed by atoms with van der Waals surface area (Å²) in [4.78, 5) is 36.3. The number of aromatic nitrogens is 4. The van der Waals surface area contributed by atoms with Crippen molar-refractivity contribution in [1.82, 2.24) is 19.5 Å². The molecule has 4 atom stereocenters. The Labute approximate surface area is 183 Å². The molecule has 3 aliphatic rings. The van der Waals surface area contributed by atoms with Crippen molar-refractivity contribution in [3.05, 3.63) is 33.9 Å². The topological polar surface area (TPSA) is 147 Å². The van der Waals surface area contributed by atoms with E-state index in [-0.39, 0.29) is 39.9 Å². The lowest BCUT2D eigenvalue weighted by Gasteiger charge is -2.48. The van der Waals surface area contributed by atoms with E-state index >= 15 is 0 Å². The standard InChI is InChI=1S/C23H25N5O4/c1-23-7-6-11-10(13(23)4-5-16(23)30)2-3-12-17(11)14(8-15(29)19(12)31)28-9-25-20-18(28)21(32)27-22(24)26-20/h8-11,13,29,31H,2-7H2,1H3,(H3,24,26,27,32)/t10-,11-,13-,23+/m1/s1. The van der Waals surface area contributed by atoms with Crippen molar-refractivity contribution in [3.63, 3.8) is 0 Å². The lowest BCUT2D eigenvalue weighted by molar-refractivity contribution is -0.129. The number of aromatic amines is 1. The minimum absolute atomic E-state index is 0.0131. The first-order chi connectivity index (χ1) is 15.3. The van der Waals surface area contributed by atoms with Crippen molar-refractivity contribution in [3.8, 4) is 17.2 Å². The maximum absolute atomic E-state index is 12.7. The molecule has 0 saturated heterocycles. The maximum Gasteiger partial charge on any atom is 0.278 e. The van der Waals surface area contributed by atoms with Crippen LogP contribution in [0.1, 0.15) is 56.1 Å². The number of phenols is 2. The molecule has 6 rings (SSSR count). The van der Waals surface area contributed by atoms with E-state index in [1.54, 1.807) is 4.57 Å². The van der Waals surface area contributed by atoms with Crippen LogP contribution >= 0.6 is 0 Å². The number of ketones is 1. The van der Waals surface area contributed by atoms with E-state index in [1.165, 1.54) is 12.4 Å². The van der Waals surface area contributed by atoms with Crippen LogP contribution in [0.2, 0.25) is 0 Å². The Hall–Kier alpha value is -3.36. The number of rotatable bonds is 1. The lowest BCUT2D eigenvalue weighted by Crippen LogP contribution is -2.42. The molecule has 3 aromatic rings. The van der Waals surface area contributed by atoms with Gasteiger partial charge in [0.15, 0.2) is 22.7 Å². The fourth-order valence-electron chi connectivity index (χ4n) is 6.84. The molecular formula is C23H25N5O4. The van der Waals surface area contributed by atoms with Crippen LogP contribution in [0.15, 0.2) is 17.2 Å². The third kappa shape index (κ3) is 2.39. The summed E-state index contributed by atoms with van der Waals surface area (Å²) < 4.78 is 1.63. The number of hydrogen-bond acceptors (Lipinski definition) is 7. The third-order valence-corrected chi connectivity index (χ3v) is 8.34. The molecule has 2 saturated carbocycles. The van der Waals surface area contributed by atoms with Crippen LogP contribution in [-0.4, -0.2) is 35.5 Å². The van der Waals surface area contributed by atoms with Gasteiger partial charge in [-0.3, -0.25) is 19.1 Å². The molecule has 0 aliphatic heterocycles. The first-order valence-electron chi connectivity index (χ1n) is 11.1. The van der Waals surface area contributed by atoms with Crippen LogP contribution < -0.4 is 11.3 Å². The van der Waals surface area contributed by atoms with Gasteiger partial charge in [-0.1, -0.05) is 6.92 Å². The van der Waals surface area contributed by atoms with Crippen molar-refractivity contribution in [2.75, 3.05) is 5.73 Å². The first-order valence-corrected chi connectivity index (χ1v) is 11.1. The van der Waals surface area contributed by atoms with Gasteiger partial charge in [0.1, 0.15) is 12.1 Å². The Morgan fingerprint density at radius 2 is 2.03 bits per heavy atom. The highest BCUT2D eigenvalue weighted by atomic mass is 16.3. The van der Waals surface area contributed by atoms with Gasteiger partial charge in [-0.05, 0) is 55.4 Å². The number of hydrogen-bond donors (Lipinski definition) is 4. The van der Waals surface area contributed by atoms with Gasteiger partial charge >= 0.3 is 0 Å². The van der Waals surface area contributed by atoms with Crippen LogP contribution in [0.25, 0.3) is 16.9 Å². The first kappa shape index (κ1) is 19.3. The highest BCUT2D eigenvalue weighted by Gasteiger charge is 2.55. The SMILES string of the molecule is C[C@]12CC[C@H]3c4c(-n5cnc6nc(N)[nH]c(=O)c65)cc(O)c(O)c4CC[C@H]3[C@H]1CCC2=O. The zero-order valence-electron chi connectivity index (χ0n) is 17.8. The molecule has 0 amide bonds. The Balaban J connectivity index is 1.58. The summed E-state index contributed by atoms with van der Waals surface area (Å²) in [6.45, 7) is 2.12. The van der Waals surface area contributed by atoms with Gasteiger partial charge in [0.05, 0.1) is 5.69 Å². The molecule has 32 heavy (non-hydrogen) atoms. The number of nitrogens with zero attached hydrogens (tertiary/aromatic N) is 3. The molecule has 2 heterocycles. The number of nitrogen functional groups attached to an aromatic ring is 1. The van der Waals surface area contributed by atoms with Crippen LogP contribution in [0, 0.1) is 17.3 Å². The molecule has 166 valence electrons. The smallest absolute Gasteiger partial charge is 0.278 e. The summed E-state index contributed by atoms with van der Waals surface area (Å²) in [5.41, 5.74) is 7.73. The molecule has 9 nitrogen and oxygen atoms in total. The zero-order valence-corrected chi connectivity index (χ0v) is 17.8. The molecule has 0 spiro atoms. The van der Waals surface area contributed by atoms with Crippen LogP contribution in [-0.2, 0) is 11.2 Å². The summed E-state index contributed by atoms with van der Waals surface area (Å²) >= 11 is 0. The molecule has 0 radical (unpaired) electrons. The largest absolute Gasteiger partial charge is 0.504 e. The number of carbonyl (C=O) groups is 1. The Morgan fingerprint density at radius 1 is 1.22 bits per heavy atom. The summed E-state index contributed by atoms with van der Waals surface area (Å²) in [6, 6.07) is 1.50. The van der Waals surface area contributed by atoms with Crippen molar-refractivity contribution in [2.45, 2.75) is 51.4 Å². The second-order valence-electron chi connectivity index (χ2n) is 9.73.